The van der Waals surface area contributed by atoms with Crippen LogP contribution in [0.15, 0.2) is 58.5 Å². The number of rotatable bonds is 6. The molecule has 4 aromatic rings. The number of tetrazole rings is 1. The van der Waals surface area contributed by atoms with E-state index in [0.717, 1.165) is 22.2 Å². The second kappa shape index (κ2) is 7.73. The molecule has 4 rings (SSSR count). The molecule has 0 saturated heterocycles. The number of hydrogen-bond donors (Lipinski definition) is 1. The Hall–Kier alpha value is -3.33. The highest BCUT2D eigenvalue weighted by Gasteiger charge is 2.13. The summed E-state index contributed by atoms with van der Waals surface area (Å²) < 4.78 is 12.3. The van der Waals surface area contributed by atoms with E-state index in [4.69, 9.17) is 9.47 Å². The van der Waals surface area contributed by atoms with Gasteiger partial charge in [-0.25, -0.2) is 0 Å². The van der Waals surface area contributed by atoms with Gasteiger partial charge < -0.3 is 14.5 Å². The van der Waals surface area contributed by atoms with Gasteiger partial charge >= 0.3 is 0 Å². The van der Waals surface area contributed by atoms with E-state index in [9.17, 15) is 4.79 Å². The first-order valence-corrected chi connectivity index (χ1v) is 9.42. The van der Waals surface area contributed by atoms with Crippen LogP contribution >= 0.6 is 11.8 Å². The molecule has 8 nitrogen and oxygen atoms in total. The fourth-order valence-electron chi connectivity index (χ4n) is 2.88. The van der Waals surface area contributed by atoms with E-state index in [-0.39, 0.29) is 5.56 Å². The Bertz CT molecular complexity index is 1170. The van der Waals surface area contributed by atoms with Gasteiger partial charge in [0.05, 0.1) is 19.9 Å². The van der Waals surface area contributed by atoms with E-state index < -0.39 is 0 Å². The zero-order valence-electron chi connectivity index (χ0n) is 15.2. The molecule has 0 fully saturated rings. The van der Waals surface area contributed by atoms with Crippen molar-refractivity contribution in [1.29, 1.82) is 0 Å². The topological polar surface area (TPSA) is 94.9 Å². The molecule has 0 atom stereocenters. The molecule has 142 valence electrons. The molecule has 2 aromatic carbocycles. The third-order valence-corrected chi connectivity index (χ3v) is 5.18. The number of fused-ring (bicyclic) bond motifs is 1. The predicted octanol–water partition coefficient (Wildman–Crippen LogP) is 2.81. The fraction of sp³-hybridized carbons (Fsp3) is 0.158. The average Bonchev–Trinajstić information content (AvgIpc) is 3.20. The lowest BCUT2D eigenvalue weighted by Gasteiger charge is -2.10. The second-order valence-electron chi connectivity index (χ2n) is 5.94. The molecule has 0 radical (unpaired) electrons. The molecule has 0 amide bonds. The summed E-state index contributed by atoms with van der Waals surface area (Å²) in [5, 5.41) is 13.6. The van der Waals surface area contributed by atoms with Crippen LogP contribution in [0.5, 0.6) is 11.5 Å². The van der Waals surface area contributed by atoms with Crippen LogP contribution in [-0.4, -0.2) is 39.4 Å². The van der Waals surface area contributed by atoms with E-state index in [1.165, 1.54) is 11.8 Å². The Morgan fingerprint density at radius 1 is 1.07 bits per heavy atom. The largest absolute Gasteiger partial charge is 0.497 e. The molecule has 2 aromatic heterocycles. The number of nitrogens with one attached hydrogen (secondary N) is 1. The molecule has 9 heteroatoms. The molecule has 0 aliphatic heterocycles. The molecular weight excluding hydrogens is 378 g/mol. The van der Waals surface area contributed by atoms with E-state index in [2.05, 4.69) is 20.5 Å². The van der Waals surface area contributed by atoms with Crippen LogP contribution in [0.1, 0.15) is 5.56 Å². The van der Waals surface area contributed by atoms with Gasteiger partial charge in [-0.3, -0.25) is 4.79 Å². The van der Waals surface area contributed by atoms with Crippen LogP contribution in [0.3, 0.4) is 0 Å². The molecule has 0 saturated carbocycles. The van der Waals surface area contributed by atoms with Crippen molar-refractivity contribution in [1.82, 2.24) is 25.2 Å². The monoisotopic (exact) mass is 395 g/mol. The number of para-hydroxylation sites is 1. The van der Waals surface area contributed by atoms with Gasteiger partial charge in [-0.1, -0.05) is 30.0 Å². The lowest BCUT2D eigenvalue weighted by atomic mass is 10.1. The van der Waals surface area contributed by atoms with E-state index >= 15 is 0 Å². The van der Waals surface area contributed by atoms with E-state index in [1.807, 2.05) is 36.4 Å². The summed E-state index contributed by atoms with van der Waals surface area (Å²) in [5.41, 5.74) is 2.32. The van der Waals surface area contributed by atoms with Crippen LogP contribution in [0.2, 0.25) is 0 Å². The highest BCUT2D eigenvalue weighted by atomic mass is 32.2. The average molecular weight is 395 g/mol. The summed E-state index contributed by atoms with van der Waals surface area (Å²) in [6, 6.07) is 14.8. The first-order chi connectivity index (χ1) is 13.7. The van der Waals surface area contributed by atoms with Crippen molar-refractivity contribution < 1.29 is 9.47 Å². The fourth-order valence-corrected chi connectivity index (χ4v) is 3.77. The third-order valence-electron chi connectivity index (χ3n) is 4.21. The Balaban J connectivity index is 1.66. The smallest absolute Gasteiger partial charge is 0.248 e. The number of thioether (sulfide) groups is 1. The molecule has 0 aliphatic carbocycles. The SMILES string of the molecule is COc1cc(OC)cc(-n2nnnc2SCc2cc(=O)[nH]c3ccccc23)c1. The summed E-state index contributed by atoms with van der Waals surface area (Å²) in [6.07, 6.45) is 0. The second-order valence-corrected chi connectivity index (χ2v) is 6.88. The standard InChI is InChI=1S/C19H17N5O3S/c1-26-14-8-13(9-15(10-14)27-2)24-19(21-22-23-24)28-11-12-7-18(25)20-17-6-4-3-5-16(12)17/h3-10H,11H2,1-2H3,(H,20,25). The van der Waals surface area contributed by atoms with Crippen molar-refractivity contribution in [3.8, 4) is 17.2 Å². The third kappa shape index (κ3) is 3.56. The minimum absolute atomic E-state index is 0.133. The van der Waals surface area contributed by atoms with E-state index in [0.29, 0.717) is 22.4 Å². The lowest BCUT2D eigenvalue weighted by molar-refractivity contribution is 0.393. The maximum absolute atomic E-state index is 12.0. The quantitative estimate of drug-likeness (QED) is 0.502. The van der Waals surface area contributed by atoms with Crippen molar-refractivity contribution in [3.63, 3.8) is 0 Å². The first-order valence-electron chi connectivity index (χ1n) is 8.43. The van der Waals surface area contributed by atoms with Gasteiger partial charge in [0, 0.05) is 40.9 Å². The number of hydrogen-bond acceptors (Lipinski definition) is 7. The number of H-pyrrole nitrogens is 1. The van der Waals surface area contributed by atoms with Crippen LogP contribution in [0, 0.1) is 0 Å². The molecule has 0 aliphatic rings. The minimum atomic E-state index is -0.133. The summed E-state index contributed by atoms with van der Waals surface area (Å²) >= 11 is 1.44. The Morgan fingerprint density at radius 3 is 2.57 bits per heavy atom. The van der Waals surface area contributed by atoms with Gasteiger partial charge in [-0.15, -0.1) is 5.10 Å². The summed E-state index contributed by atoms with van der Waals surface area (Å²) in [6.45, 7) is 0. The maximum atomic E-state index is 12.0. The number of benzene rings is 2. The first kappa shape index (κ1) is 18.1. The summed E-state index contributed by atoms with van der Waals surface area (Å²) in [5.74, 6) is 1.83. The normalized spacial score (nSPS) is 10.9. The predicted molar refractivity (Wildman–Crippen MR) is 106 cm³/mol. The summed E-state index contributed by atoms with van der Waals surface area (Å²) in [4.78, 5) is 14.8. The van der Waals surface area contributed by atoms with Crippen LogP contribution < -0.4 is 15.0 Å². The number of aromatic nitrogens is 5. The van der Waals surface area contributed by atoms with Crippen molar-refractivity contribution in [2.45, 2.75) is 10.9 Å². The highest BCUT2D eigenvalue weighted by molar-refractivity contribution is 7.98. The van der Waals surface area contributed by atoms with Crippen LogP contribution in [0.25, 0.3) is 16.6 Å². The van der Waals surface area contributed by atoms with Gasteiger partial charge in [0.1, 0.15) is 11.5 Å². The van der Waals surface area contributed by atoms with Gasteiger partial charge in [0.25, 0.3) is 0 Å². The molecule has 2 heterocycles. The van der Waals surface area contributed by atoms with Crippen molar-refractivity contribution >= 4 is 22.7 Å². The van der Waals surface area contributed by atoms with Crippen molar-refractivity contribution in [3.05, 3.63) is 64.4 Å². The van der Waals surface area contributed by atoms with Gasteiger partial charge in [-0.2, -0.15) is 4.68 Å². The van der Waals surface area contributed by atoms with Crippen LogP contribution in [-0.2, 0) is 5.75 Å². The zero-order chi connectivity index (χ0) is 19.5. The van der Waals surface area contributed by atoms with Gasteiger partial charge in [0.15, 0.2) is 0 Å². The lowest BCUT2D eigenvalue weighted by Crippen LogP contribution is -2.06. The number of nitrogens with zero attached hydrogens (tertiary/aromatic N) is 4. The Labute approximate surface area is 164 Å². The molecule has 0 unspecified atom stereocenters. The summed E-state index contributed by atoms with van der Waals surface area (Å²) in [7, 11) is 3.18. The molecule has 0 bridgehead atoms. The highest BCUT2D eigenvalue weighted by Crippen LogP contribution is 2.29. The zero-order valence-corrected chi connectivity index (χ0v) is 16.1. The molecule has 1 N–H and O–H groups in total. The molecular formula is C19H17N5O3S. The number of ether oxygens (including phenoxy) is 2. The molecule has 0 spiro atoms. The number of pyridine rings is 1. The number of methoxy groups -OCH3 is 2. The van der Waals surface area contributed by atoms with Gasteiger partial charge in [0.2, 0.25) is 10.7 Å². The van der Waals surface area contributed by atoms with Crippen molar-refractivity contribution in [2.24, 2.45) is 0 Å². The van der Waals surface area contributed by atoms with Crippen molar-refractivity contribution in [2.75, 3.05) is 14.2 Å². The molecule has 28 heavy (non-hydrogen) atoms. The minimum Gasteiger partial charge on any atom is -0.497 e. The maximum Gasteiger partial charge on any atom is 0.248 e. The number of aromatic amines is 1. The Morgan fingerprint density at radius 2 is 1.82 bits per heavy atom. The van der Waals surface area contributed by atoms with Crippen LogP contribution in [0.4, 0.5) is 0 Å². The van der Waals surface area contributed by atoms with E-state index in [1.54, 1.807) is 31.0 Å². The van der Waals surface area contributed by atoms with Gasteiger partial charge in [-0.05, 0) is 22.1 Å². The Kier molecular flexibility index (Phi) is 4.98.